The molecule has 0 saturated carbocycles. The molecule has 86 valence electrons. The monoisotopic (exact) mass is 238 g/mol. The predicted octanol–water partition coefficient (Wildman–Crippen LogP) is -0.552. The maximum Gasteiger partial charge on any atom is 0.331 e. The van der Waals surface area contributed by atoms with Gasteiger partial charge in [0, 0.05) is 12.2 Å². The molecule has 0 aliphatic carbocycles. The van der Waals surface area contributed by atoms with Gasteiger partial charge >= 0.3 is 11.9 Å². The van der Waals surface area contributed by atoms with E-state index in [-0.39, 0.29) is 13.0 Å². The van der Waals surface area contributed by atoms with Crippen molar-refractivity contribution in [3.8, 4) is 0 Å². The van der Waals surface area contributed by atoms with Crippen molar-refractivity contribution in [3.05, 3.63) is 12.2 Å². The van der Waals surface area contributed by atoms with E-state index in [1.54, 1.807) is 0 Å². The molecule has 0 aliphatic heterocycles. The van der Waals surface area contributed by atoms with Crippen molar-refractivity contribution >= 4 is 22.1 Å². The highest BCUT2D eigenvalue weighted by molar-refractivity contribution is 7.85. The average molecular weight is 238 g/mol. The van der Waals surface area contributed by atoms with Crippen LogP contribution in [0.4, 0.5) is 0 Å². The number of carboxylic acid groups (broad SMARTS) is 1. The van der Waals surface area contributed by atoms with E-state index in [4.69, 9.17) is 9.66 Å². The number of carboxylic acids is 1. The third-order valence-electron chi connectivity index (χ3n) is 1.15. The molecule has 0 atom stereocenters. The van der Waals surface area contributed by atoms with Crippen LogP contribution in [0.5, 0.6) is 0 Å². The van der Waals surface area contributed by atoms with E-state index >= 15 is 0 Å². The van der Waals surface area contributed by atoms with Crippen molar-refractivity contribution in [2.75, 3.05) is 12.4 Å². The second-order valence-electron chi connectivity index (χ2n) is 2.48. The minimum Gasteiger partial charge on any atom is -0.478 e. The summed E-state index contributed by atoms with van der Waals surface area (Å²) in [5, 5.41) is 8.13. The maximum absolute atomic E-state index is 10.7. The maximum atomic E-state index is 10.7. The van der Waals surface area contributed by atoms with Gasteiger partial charge in [0.05, 0.1) is 12.4 Å². The minimum atomic E-state index is -4.05. The molecule has 8 heteroatoms. The van der Waals surface area contributed by atoms with E-state index in [1.165, 1.54) is 0 Å². The molecule has 0 radical (unpaired) electrons. The average Bonchev–Trinajstić information content (AvgIpc) is 2.07. The van der Waals surface area contributed by atoms with Gasteiger partial charge in [-0.15, -0.1) is 0 Å². The first-order chi connectivity index (χ1) is 6.81. The molecule has 0 aromatic carbocycles. The molecular formula is C7H10O7S. The molecule has 0 aromatic rings. The van der Waals surface area contributed by atoms with E-state index in [0.29, 0.717) is 12.2 Å². The molecule has 0 aliphatic rings. The summed E-state index contributed by atoms with van der Waals surface area (Å²) in [7, 11) is -4.05. The van der Waals surface area contributed by atoms with Gasteiger partial charge in [0.25, 0.3) is 10.1 Å². The van der Waals surface area contributed by atoms with Crippen LogP contribution in [0, 0.1) is 0 Å². The van der Waals surface area contributed by atoms with Crippen LogP contribution in [0.3, 0.4) is 0 Å². The molecule has 2 N–H and O–H groups in total. The van der Waals surface area contributed by atoms with Crippen molar-refractivity contribution in [2.24, 2.45) is 0 Å². The van der Waals surface area contributed by atoms with Gasteiger partial charge in [0.15, 0.2) is 0 Å². The van der Waals surface area contributed by atoms with Gasteiger partial charge in [0.1, 0.15) is 0 Å². The number of carbonyl (C=O) groups is 2. The molecule has 0 spiro atoms. The third-order valence-corrected chi connectivity index (χ3v) is 1.96. The van der Waals surface area contributed by atoms with Gasteiger partial charge in [-0.3, -0.25) is 4.55 Å². The lowest BCUT2D eigenvalue weighted by Crippen LogP contribution is -2.09. The number of esters is 1. The minimum absolute atomic E-state index is 0.0501. The second-order valence-corrected chi connectivity index (χ2v) is 4.05. The fourth-order valence-electron chi connectivity index (χ4n) is 0.602. The van der Waals surface area contributed by atoms with Crippen molar-refractivity contribution < 1.29 is 32.4 Å². The normalized spacial score (nSPS) is 11.5. The topological polar surface area (TPSA) is 118 Å². The molecule has 0 aromatic heterocycles. The lowest BCUT2D eigenvalue weighted by atomic mass is 10.5. The molecule has 7 nitrogen and oxygen atoms in total. The van der Waals surface area contributed by atoms with Crippen LogP contribution in [0.25, 0.3) is 0 Å². The van der Waals surface area contributed by atoms with E-state index in [9.17, 15) is 18.0 Å². The molecule has 0 heterocycles. The predicted molar refractivity (Wildman–Crippen MR) is 48.8 cm³/mol. The molecule has 0 bridgehead atoms. The Labute approximate surface area is 86.1 Å². The van der Waals surface area contributed by atoms with Crippen LogP contribution in [-0.4, -0.2) is 42.4 Å². The van der Waals surface area contributed by atoms with E-state index < -0.39 is 27.8 Å². The summed E-state index contributed by atoms with van der Waals surface area (Å²) in [4.78, 5) is 20.6. The third kappa shape index (κ3) is 10.5. The van der Waals surface area contributed by atoms with Gasteiger partial charge < -0.3 is 9.84 Å². The van der Waals surface area contributed by atoms with Crippen LogP contribution in [0.1, 0.15) is 6.42 Å². The lowest BCUT2D eigenvalue weighted by Gasteiger charge is -1.99. The zero-order chi connectivity index (χ0) is 11.9. The fourth-order valence-corrected chi connectivity index (χ4v) is 1.08. The van der Waals surface area contributed by atoms with Crippen molar-refractivity contribution in [1.29, 1.82) is 0 Å². The van der Waals surface area contributed by atoms with Crippen LogP contribution in [0.15, 0.2) is 12.2 Å². The first-order valence-electron chi connectivity index (χ1n) is 3.84. The highest BCUT2D eigenvalue weighted by atomic mass is 32.2. The molecule has 0 fully saturated rings. The Morgan fingerprint density at radius 3 is 2.33 bits per heavy atom. The van der Waals surface area contributed by atoms with Crippen LogP contribution in [0.2, 0.25) is 0 Å². The van der Waals surface area contributed by atoms with Crippen LogP contribution in [-0.2, 0) is 24.4 Å². The Hall–Kier alpha value is -1.41. The van der Waals surface area contributed by atoms with E-state index in [2.05, 4.69) is 4.74 Å². The first-order valence-corrected chi connectivity index (χ1v) is 5.45. The van der Waals surface area contributed by atoms with Crippen molar-refractivity contribution in [1.82, 2.24) is 0 Å². The Balaban J connectivity index is 3.70. The summed E-state index contributed by atoms with van der Waals surface area (Å²) in [5.74, 6) is -2.68. The second kappa shape index (κ2) is 6.14. The van der Waals surface area contributed by atoms with E-state index in [1.807, 2.05) is 0 Å². The van der Waals surface area contributed by atoms with Crippen molar-refractivity contribution in [3.63, 3.8) is 0 Å². The molecule has 0 amide bonds. The summed E-state index contributed by atoms with van der Waals surface area (Å²) in [5.41, 5.74) is 0. The largest absolute Gasteiger partial charge is 0.478 e. The summed E-state index contributed by atoms with van der Waals surface area (Å²) in [6.07, 6.45) is 1.26. The van der Waals surface area contributed by atoms with Crippen LogP contribution >= 0.6 is 0 Å². The van der Waals surface area contributed by atoms with Gasteiger partial charge in [0.2, 0.25) is 0 Å². The van der Waals surface area contributed by atoms with Gasteiger partial charge in [-0.25, -0.2) is 9.59 Å². The summed E-state index contributed by atoms with van der Waals surface area (Å²) < 4.78 is 33.2. The first kappa shape index (κ1) is 13.6. The zero-order valence-corrected chi connectivity index (χ0v) is 8.44. The molecular weight excluding hydrogens is 228 g/mol. The lowest BCUT2D eigenvalue weighted by molar-refractivity contribution is -0.138. The summed E-state index contributed by atoms with van der Waals surface area (Å²) in [6, 6.07) is 0. The number of ether oxygens (including phenoxy) is 1. The molecule has 0 rings (SSSR count). The number of rotatable bonds is 6. The number of carbonyl (C=O) groups excluding carboxylic acids is 1. The molecule has 0 unspecified atom stereocenters. The van der Waals surface area contributed by atoms with E-state index in [0.717, 1.165) is 0 Å². The number of hydrogen-bond acceptors (Lipinski definition) is 5. The Kier molecular flexibility index (Phi) is 5.57. The van der Waals surface area contributed by atoms with Gasteiger partial charge in [-0.2, -0.15) is 8.42 Å². The van der Waals surface area contributed by atoms with Crippen LogP contribution < -0.4 is 0 Å². The summed E-state index contributed by atoms with van der Waals surface area (Å²) in [6.45, 7) is -0.206. The number of hydrogen-bond donors (Lipinski definition) is 2. The Morgan fingerprint density at radius 2 is 1.87 bits per heavy atom. The highest BCUT2D eigenvalue weighted by Crippen LogP contribution is 1.91. The fraction of sp³-hybridized carbons (Fsp3) is 0.429. The highest BCUT2D eigenvalue weighted by Gasteiger charge is 2.04. The van der Waals surface area contributed by atoms with Gasteiger partial charge in [-0.05, 0) is 6.42 Å². The quantitative estimate of drug-likeness (QED) is 0.276. The standard InChI is InChI=1S/C7H10O7S/c8-6(9)2-3-7(10)14-4-1-5-15(11,12)13/h2-3H,1,4-5H2,(H,8,9)(H,11,12,13). The van der Waals surface area contributed by atoms with Gasteiger partial charge in [-0.1, -0.05) is 0 Å². The molecule has 0 saturated heterocycles. The Bertz CT molecular complexity index is 354. The zero-order valence-electron chi connectivity index (χ0n) is 7.62. The molecule has 15 heavy (non-hydrogen) atoms. The SMILES string of the molecule is O=C(O)C=CC(=O)OCCCS(=O)(=O)O. The smallest absolute Gasteiger partial charge is 0.331 e. The Morgan fingerprint density at radius 1 is 1.27 bits per heavy atom. The summed E-state index contributed by atoms with van der Waals surface area (Å²) >= 11 is 0. The van der Waals surface area contributed by atoms with Crippen molar-refractivity contribution in [2.45, 2.75) is 6.42 Å². The number of aliphatic carboxylic acids is 1.